The van der Waals surface area contributed by atoms with E-state index in [-0.39, 0.29) is 6.04 Å². The number of carbonyl (C=O) groups is 2. The second-order valence-corrected chi connectivity index (χ2v) is 12.2. The molecular formula is C28H43N3O6. The number of aryl methyl sites for hydroxylation is 1. The first kappa shape index (κ1) is 28.8. The minimum Gasteiger partial charge on any atom is -0.486 e. The van der Waals surface area contributed by atoms with Crippen molar-refractivity contribution in [3.05, 3.63) is 29.3 Å². The second-order valence-electron chi connectivity index (χ2n) is 12.2. The first-order valence-corrected chi connectivity index (χ1v) is 13.0. The van der Waals surface area contributed by atoms with E-state index in [1.807, 2.05) is 59.7 Å². The lowest BCUT2D eigenvalue weighted by atomic mass is 9.80. The number of benzene rings is 1. The quantitative estimate of drug-likeness (QED) is 0.317. The molecule has 1 aliphatic carbocycles. The van der Waals surface area contributed by atoms with Crippen LogP contribution in [0.5, 0.6) is 5.75 Å². The average Bonchev–Trinajstić information content (AvgIpc) is 2.76. The van der Waals surface area contributed by atoms with Crippen molar-refractivity contribution in [3.8, 4) is 5.75 Å². The lowest BCUT2D eigenvalue weighted by molar-refractivity contribution is -0.190. The Kier molecular flexibility index (Phi) is 8.47. The van der Waals surface area contributed by atoms with Crippen LogP contribution in [0, 0.1) is 5.92 Å². The van der Waals surface area contributed by atoms with E-state index < -0.39 is 35.0 Å². The van der Waals surface area contributed by atoms with Gasteiger partial charge in [-0.15, -0.1) is 0 Å². The summed E-state index contributed by atoms with van der Waals surface area (Å²) in [7, 11) is 1.50. The number of esters is 1. The molecule has 1 aliphatic heterocycles. The molecule has 2 atom stereocenters. The lowest BCUT2D eigenvalue weighted by Crippen LogP contribution is -2.54. The molecule has 9 heteroatoms. The minimum atomic E-state index is -1.22. The van der Waals surface area contributed by atoms with E-state index in [9.17, 15) is 9.59 Å². The van der Waals surface area contributed by atoms with Crippen molar-refractivity contribution >= 4 is 17.9 Å². The van der Waals surface area contributed by atoms with Crippen molar-refractivity contribution in [2.24, 2.45) is 16.6 Å². The molecule has 1 amide bonds. The number of fused-ring (bicyclic) bond motifs is 1. The predicted molar refractivity (Wildman–Crippen MR) is 142 cm³/mol. The SMILES string of the molecule is CO[C@](C)(C(=O)OC(C)(C)C)[C@H]1CCc2cc(C(N)=NC3CC(CNC(=O)OC(C)(C)C)C3)ccc2O1. The number of hydrogen-bond donors (Lipinski definition) is 2. The average molecular weight is 518 g/mol. The summed E-state index contributed by atoms with van der Waals surface area (Å²) in [5.74, 6) is 1.12. The Morgan fingerprint density at radius 2 is 1.73 bits per heavy atom. The first-order valence-electron chi connectivity index (χ1n) is 13.0. The molecule has 1 aromatic carbocycles. The number of nitrogens with zero attached hydrogens (tertiary/aromatic N) is 1. The number of hydrogen-bond acceptors (Lipinski definition) is 7. The zero-order chi connectivity index (χ0) is 27.6. The summed E-state index contributed by atoms with van der Waals surface area (Å²) < 4.78 is 22.7. The molecule has 2 aliphatic rings. The van der Waals surface area contributed by atoms with E-state index in [1.165, 1.54) is 7.11 Å². The highest BCUT2D eigenvalue weighted by molar-refractivity contribution is 5.98. The van der Waals surface area contributed by atoms with E-state index in [0.29, 0.717) is 36.9 Å². The number of amidine groups is 1. The third-order valence-corrected chi connectivity index (χ3v) is 6.61. The zero-order valence-electron chi connectivity index (χ0n) is 23.5. The van der Waals surface area contributed by atoms with E-state index in [0.717, 1.165) is 24.0 Å². The van der Waals surface area contributed by atoms with Crippen LogP contribution < -0.4 is 15.8 Å². The molecule has 0 aromatic heterocycles. The molecule has 9 nitrogen and oxygen atoms in total. The smallest absolute Gasteiger partial charge is 0.407 e. The fourth-order valence-corrected chi connectivity index (χ4v) is 4.45. The Morgan fingerprint density at radius 3 is 2.32 bits per heavy atom. The number of ether oxygens (including phenoxy) is 4. The number of alkyl carbamates (subject to hydrolysis) is 1. The van der Waals surface area contributed by atoms with E-state index in [1.54, 1.807) is 6.92 Å². The van der Waals surface area contributed by atoms with Crippen molar-refractivity contribution in [1.29, 1.82) is 0 Å². The van der Waals surface area contributed by atoms with Gasteiger partial charge in [-0.1, -0.05) is 0 Å². The van der Waals surface area contributed by atoms with Crippen LogP contribution in [-0.2, 0) is 25.4 Å². The van der Waals surface area contributed by atoms with Crippen LogP contribution in [0.2, 0.25) is 0 Å². The number of nitrogens with two attached hydrogens (primary N) is 1. The van der Waals surface area contributed by atoms with Gasteiger partial charge < -0.3 is 30.0 Å². The topological polar surface area (TPSA) is 121 Å². The maximum Gasteiger partial charge on any atom is 0.407 e. The van der Waals surface area contributed by atoms with Gasteiger partial charge in [0.2, 0.25) is 0 Å². The normalized spacial score (nSPS) is 23.6. The highest BCUT2D eigenvalue weighted by atomic mass is 16.6. The summed E-state index contributed by atoms with van der Waals surface area (Å²) in [6.07, 6.45) is 2.18. The van der Waals surface area contributed by atoms with Crippen LogP contribution in [0.25, 0.3) is 0 Å². The molecule has 1 aromatic rings. The molecule has 1 heterocycles. The predicted octanol–water partition coefficient (Wildman–Crippen LogP) is 4.14. The maximum atomic E-state index is 12.9. The standard InChI is InChI=1S/C28H43N3O6/c1-26(2,3)36-24(32)28(7,34-8)22-12-10-18-15-19(9-11-21(18)35-22)23(29)31-20-13-17(14-20)16-30-25(33)37-27(4,5)6/h9,11,15,17,20,22H,10,12-14,16H2,1-8H3,(H2,29,31)(H,30,33)/t17?,20?,22-,28+/m1/s1. The number of rotatable bonds is 7. The Bertz CT molecular complexity index is 1020. The molecule has 37 heavy (non-hydrogen) atoms. The van der Waals surface area contributed by atoms with Gasteiger partial charge in [-0.05, 0) is 104 Å². The molecule has 206 valence electrons. The van der Waals surface area contributed by atoms with Gasteiger partial charge in [0.05, 0.1) is 6.04 Å². The molecule has 0 radical (unpaired) electrons. The Hall–Kier alpha value is -2.81. The Balaban J connectivity index is 1.56. The molecule has 0 spiro atoms. The number of nitrogens with one attached hydrogen (secondary N) is 1. The van der Waals surface area contributed by atoms with Crippen LogP contribution >= 0.6 is 0 Å². The zero-order valence-corrected chi connectivity index (χ0v) is 23.5. The van der Waals surface area contributed by atoms with Crippen molar-refractivity contribution in [2.45, 2.75) is 103 Å². The molecule has 1 saturated carbocycles. The third-order valence-electron chi connectivity index (χ3n) is 6.61. The van der Waals surface area contributed by atoms with E-state index >= 15 is 0 Å². The summed E-state index contributed by atoms with van der Waals surface area (Å²) in [6, 6.07) is 5.90. The van der Waals surface area contributed by atoms with Crippen LogP contribution in [0.4, 0.5) is 4.79 Å². The summed E-state index contributed by atoms with van der Waals surface area (Å²) in [6.45, 7) is 13.3. The van der Waals surface area contributed by atoms with Gasteiger partial charge in [0.1, 0.15) is 28.9 Å². The molecule has 3 rings (SSSR count). The highest BCUT2D eigenvalue weighted by Gasteiger charge is 2.47. The third kappa shape index (κ3) is 7.60. The molecule has 1 fully saturated rings. The van der Waals surface area contributed by atoms with Crippen LogP contribution in [0.1, 0.15) is 78.9 Å². The molecule has 3 N–H and O–H groups in total. The Labute approximate surface area is 220 Å². The number of methoxy groups -OCH3 is 1. The van der Waals surface area contributed by atoms with Gasteiger partial charge in [0, 0.05) is 19.2 Å². The van der Waals surface area contributed by atoms with Crippen LogP contribution in [0.3, 0.4) is 0 Å². The fourth-order valence-electron chi connectivity index (χ4n) is 4.45. The summed E-state index contributed by atoms with van der Waals surface area (Å²) >= 11 is 0. The summed E-state index contributed by atoms with van der Waals surface area (Å²) in [5, 5.41) is 2.82. The number of aliphatic imine (C=N–C) groups is 1. The maximum absolute atomic E-state index is 12.9. The van der Waals surface area contributed by atoms with Gasteiger partial charge in [0.25, 0.3) is 0 Å². The second kappa shape index (κ2) is 10.9. The monoisotopic (exact) mass is 517 g/mol. The van der Waals surface area contributed by atoms with Crippen LogP contribution in [-0.4, -0.2) is 60.5 Å². The summed E-state index contributed by atoms with van der Waals surface area (Å²) in [4.78, 5) is 29.4. The Morgan fingerprint density at radius 1 is 1.08 bits per heavy atom. The number of amides is 1. The van der Waals surface area contributed by atoms with Gasteiger partial charge >= 0.3 is 12.1 Å². The largest absolute Gasteiger partial charge is 0.486 e. The van der Waals surface area contributed by atoms with Crippen LogP contribution in [0.15, 0.2) is 23.2 Å². The van der Waals surface area contributed by atoms with Crippen molar-refractivity contribution < 1.29 is 28.5 Å². The molecule has 0 unspecified atom stereocenters. The minimum absolute atomic E-state index is 0.137. The van der Waals surface area contributed by atoms with Crippen molar-refractivity contribution in [3.63, 3.8) is 0 Å². The van der Waals surface area contributed by atoms with Gasteiger partial charge in [-0.25, -0.2) is 9.59 Å². The van der Waals surface area contributed by atoms with Crippen molar-refractivity contribution in [2.75, 3.05) is 13.7 Å². The highest BCUT2D eigenvalue weighted by Crippen LogP contribution is 2.35. The molecule has 0 saturated heterocycles. The molecule has 0 bridgehead atoms. The number of carbonyl (C=O) groups excluding carboxylic acids is 2. The lowest BCUT2D eigenvalue weighted by Gasteiger charge is -2.38. The van der Waals surface area contributed by atoms with Gasteiger partial charge in [-0.3, -0.25) is 4.99 Å². The fraction of sp³-hybridized carbons (Fsp3) is 0.679. The first-order chi connectivity index (χ1) is 17.1. The van der Waals surface area contributed by atoms with Gasteiger partial charge in [-0.2, -0.15) is 0 Å². The van der Waals surface area contributed by atoms with Gasteiger partial charge in [0.15, 0.2) is 5.60 Å². The summed E-state index contributed by atoms with van der Waals surface area (Å²) in [5.41, 5.74) is 5.85. The van der Waals surface area contributed by atoms with E-state index in [4.69, 9.17) is 29.7 Å². The van der Waals surface area contributed by atoms with Crippen molar-refractivity contribution in [1.82, 2.24) is 5.32 Å². The molecular weight excluding hydrogens is 474 g/mol. The van der Waals surface area contributed by atoms with E-state index in [2.05, 4.69) is 5.32 Å².